The summed E-state index contributed by atoms with van der Waals surface area (Å²) in [6.07, 6.45) is 1.81. The Balaban J connectivity index is 2.03. The fourth-order valence-electron chi connectivity index (χ4n) is 2.12. The Kier molecular flexibility index (Phi) is 3.48. The van der Waals surface area contributed by atoms with Crippen LogP contribution in [0.3, 0.4) is 0 Å². The topological polar surface area (TPSA) is 41.1 Å². The molecular formula is C14H20N2O. The summed E-state index contributed by atoms with van der Waals surface area (Å²) in [5.74, 6) is 0.142. The summed E-state index contributed by atoms with van der Waals surface area (Å²) < 4.78 is 0. The standard InChI is InChI=1S/C14H20N2O/c1-11-3-5-12(6-4-11)16-13(17)14(2)7-9-15-10-8-14/h3-6,15H,7-10H2,1-2H3,(H,16,17). The largest absolute Gasteiger partial charge is 0.326 e. The predicted octanol–water partition coefficient (Wildman–Crippen LogP) is 2.32. The first-order chi connectivity index (χ1) is 8.10. The molecule has 0 radical (unpaired) electrons. The maximum absolute atomic E-state index is 12.2. The zero-order valence-electron chi connectivity index (χ0n) is 10.5. The maximum Gasteiger partial charge on any atom is 0.230 e. The van der Waals surface area contributed by atoms with E-state index in [1.165, 1.54) is 5.56 Å². The van der Waals surface area contributed by atoms with E-state index in [2.05, 4.69) is 17.6 Å². The number of benzene rings is 1. The molecule has 1 aliphatic heterocycles. The van der Waals surface area contributed by atoms with Crippen LogP contribution in [-0.2, 0) is 4.79 Å². The van der Waals surface area contributed by atoms with Gasteiger partial charge in [0.05, 0.1) is 0 Å². The normalized spacial score (nSPS) is 18.7. The Morgan fingerprint density at radius 1 is 1.24 bits per heavy atom. The van der Waals surface area contributed by atoms with Crippen LogP contribution in [0.4, 0.5) is 5.69 Å². The lowest BCUT2D eigenvalue weighted by molar-refractivity contribution is -0.126. The third-order valence-electron chi connectivity index (χ3n) is 3.56. The van der Waals surface area contributed by atoms with E-state index >= 15 is 0 Å². The molecule has 0 saturated carbocycles. The van der Waals surface area contributed by atoms with Crippen molar-refractivity contribution in [1.82, 2.24) is 5.32 Å². The van der Waals surface area contributed by atoms with Crippen LogP contribution in [0.25, 0.3) is 0 Å². The molecule has 1 aromatic rings. The fraction of sp³-hybridized carbons (Fsp3) is 0.500. The molecule has 1 aliphatic rings. The molecule has 0 aliphatic carbocycles. The first-order valence-electron chi connectivity index (χ1n) is 6.19. The molecule has 2 rings (SSSR count). The van der Waals surface area contributed by atoms with Crippen LogP contribution in [0, 0.1) is 12.3 Å². The number of anilines is 1. The van der Waals surface area contributed by atoms with Crippen molar-refractivity contribution in [1.29, 1.82) is 0 Å². The first kappa shape index (κ1) is 12.1. The Bertz CT molecular complexity index is 391. The Morgan fingerprint density at radius 3 is 2.41 bits per heavy atom. The molecule has 3 nitrogen and oxygen atoms in total. The van der Waals surface area contributed by atoms with E-state index in [0.29, 0.717) is 0 Å². The molecular weight excluding hydrogens is 212 g/mol. The van der Waals surface area contributed by atoms with Crippen molar-refractivity contribution >= 4 is 11.6 Å². The number of rotatable bonds is 2. The molecule has 1 aromatic carbocycles. The molecule has 0 aromatic heterocycles. The van der Waals surface area contributed by atoms with E-state index in [0.717, 1.165) is 31.6 Å². The van der Waals surface area contributed by atoms with Crippen molar-refractivity contribution in [2.75, 3.05) is 18.4 Å². The molecule has 17 heavy (non-hydrogen) atoms. The summed E-state index contributed by atoms with van der Waals surface area (Å²) in [6, 6.07) is 7.94. The molecule has 1 heterocycles. The molecule has 0 spiro atoms. The summed E-state index contributed by atoms with van der Waals surface area (Å²) in [6.45, 7) is 5.95. The van der Waals surface area contributed by atoms with Crippen molar-refractivity contribution in [2.24, 2.45) is 5.41 Å². The van der Waals surface area contributed by atoms with Gasteiger partial charge < -0.3 is 10.6 Å². The molecule has 2 N–H and O–H groups in total. The highest BCUT2D eigenvalue weighted by Crippen LogP contribution is 2.29. The van der Waals surface area contributed by atoms with E-state index in [-0.39, 0.29) is 11.3 Å². The van der Waals surface area contributed by atoms with Crippen molar-refractivity contribution in [2.45, 2.75) is 26.7 Å². The zero-order valence-corrected chi connectivity index (χ0v) is 10.5. The van der Waals surface area contributed by atoms with Crippen LogP contribution >= 0.6 is 0 Å². The number of hydrogen-bond donors (Lipinski definition) is 2. The van der Waals surface area contributed by atoms with Crippen molar-refractivity contribution in [3.8, 4) is 0 Å². The highest BCUT2D eigenvalue weighted by atomic mass is 16.2. The van der Waals surface area contributed by atoms with Crippen LogP contribution in [0.5, 0.6) is 0 Å². The van der Waals surface area contributed by atoms with Gasteiger partial charge >= 0.3 is 0 Å². The number of carbonyl (C=O) groups is 1. The average Bonchev–Trinajstić information content (AvgIpc) is 2.33. The molecule has 1 saturated heterocycles. The van der Waals surface area contributed by atoms with Crippen LogP contribution in [0.1, 0.15) is 25.3 Å². The lowest BCUT2D eigenvalue weighted by Gasteiger charge is -2.32. The third-order valence-corrected chi connectivity index (χ3v) is 3.56. The van der Waals surface area contributed by atoms with E-state index < -0.39 is 0 Å². The van der Waals surface area contributed by atoms with Crippen LogP contribution in [0.15, 0.2) is 24.3 Å². The second kappa shape index (κ2) is 4.88. The zero-order chi connectivity index (χ0) is 12.3. The minimum absolute atomic E-state index is 0.142. The Morgan fingerprint density at radius 2 is 1.82 bits per heavy atom. The van der Waals surface area contributed by atoms with Crippen LogP contribution < -0.4 is 10.6 Å². The summed E-state index contributed by atoms with van der Waals surface area (Å²) in [7, 11) is 0. The number of hydrogen-bond acceptors (Lipinski definition) is 2. The maximum atomic E-state index is 12.2. The fourth-order valence-corrected chi connectivity index (χ4v) is 2.12. The summed E-state index contributed by atoms with van der Waals surface area (Å²) >= 11 is 0. The second-order valence-electron chi connectivity index (χ2n) is 5.13. The van der Waals surface area contributed by atoms with Crippen molar-refractivity contribution in [3.05, 3.63) is 29.8 Å². The summed E-state index contributed by atoms with van der Waals surface area (Å²) in [4.78, 5) is 12.2. The van der Waals surface area contributed by atoms with Gasteiger partial charge in [0.25, 0.3) is 0 Å². The number of nitrogens with one attached hydrogen (secondary N) is 2. The van der Waals surface area contributed by atoms with E-state index in [4.69, 9.17) is 0 Å². The Labute approximate surface area is 103 Å². The highest BCUT2D eigenvalue weighted by molar-refractivity contribution is 5.95. The molecule has 0 unspecified atom stereocenters. The average molecular weight is 232 g/mol. The highest BCUT2D eigenvalue weighted by Gasteiger charge is 2.34. The van der Waals surface area contributed by atoms with Crippen molar-refractivity contribution in [3.63, 3.8) is 0 Å². The number of aryl methyl sites for hydroxylation is 1. The SMILES string of the molecule is Cc1ccc(NC(=O)C2(C)CCNCC2)cc1. The van der Waals surface area contributed by atoms with Gasteiger partial charge in [0.15, 0.2) is 0 Å². The van der Waals surface area contributed by atoms with Crippen LogP contribution in [-0.4, -0.2) is 19.0 Å². The number of amides is 1. The van der Waals surface area contributed by atoms with E-state index in [9.17, 15) is 4.79 Å². The number of piperidine rings is 1. The van der Waals surface area contributed by atoms with Gasteiger partial charge in [-0.25, -0.2) is 0 Å². The van der Waals surface area contributed by atoms with Gasteiger partial charge in [-0.05, 0) is 45.0 Å². The quantitative estimate of drug-likeness (QED) is 0.821. The molecule has 0 atom stereocenters. The molecule has 92 valence electrons. The smallest absolute Gasteiger partial charge is 0.230 e. The van der Waals surface area contributed by atoms with Gasteiger partial charge in [0, 0.05) is 11.1 Å². The van der Waals surface area contributed by atoms with E-state index in [1.54, 1.807) is 0 Å². The molecule has 0 bridgehead atoms. The summed E-state index contributed by atoms with van der Waals surface area (Å²) in [5.41, 5.74) is 1.87. The van der Waals surface area contributed by atoms with Gasteiger partial charge in [0.2, 0.25) is 5.91 Å². The van der Waals surface area contributed by atoms with Gasteiger partial charge in [0.1, 0.15) is 0 Å². The predicted molar refractivity (Wildman–Crippen MR) is 70.0 cm³/mol. The third kappa shape index (κ3) is 2.86. The Hall–Kier alpha value is -1.35. The van der Waals surface area contributed by atoms with Gasteiger partial charge in [-0.2, -0.15) is 0 Å². The van der Waals surface area contributed by atoms with Gasteiger partial charge in [-0.3, -0.25) is 4.79 Å². The van der Waals surface area contributed by atoms with E-state index in [1.807, 2.05) is 31.2 Å². The second-order valence-corrected chi connectivity index (χ2v) is 5.13. The van der Waals surface area contributed by atoms with Crippen LogP contribution in [0.2, 0.25) is 0 Å². The number of carbonyl (C=O) groups excluding carboxylic acids is 1. The lowest BCUT2D eigenvalue weighted by Crippen LogP contribution is -2.42. The monoisotopic (exact) mass is 232 g/mol. The molecule has 1 fully saturated rings. The minimum atomic E-state index is -0.226. The first-order valence-corrected chi connectivity index (χ1v) is 6.19. The molecule has 3 heteroatoms. The minimum Gasteiger partial charge on any atom is -0.326 e. The summed E-state index contributed by atoms with van der Waals surface area (Å²) in [5, 5.41) is 6.30. The van der Waals surface area contributed by atoms with Gasteiger partial charge in [-0.15, -0.1) is 0 Å². The van der Waals surface area contributed by atoms with Gasteiger partial charge in [-0.1, -0.05) is 24.6 Å². The van der Waals surface area contributed by atoms with Crippen molar-refractivity contribution < 1.29 is 4.79 Å². The lowest BCUT2D eigenvalue weighted by atomic mass is 9.80. The molecule has 1 amide bonds.